The van der Waals surface area contributed by atoms with E-state index in [1.54, 1.807) is 28.8 Å². The summed E-state index contributed by atoms with van der Waals surface area (Å²) in [5, 5.41) is 0.767. The van der Waals surface area contributed by atoms with E-state index < -0.39 is 0 Å². The van der Waals surface area contributed by atoms with Gasteiger partial charge < -0.3 is 4.42 Å². The molecule has 0 aliphatic carbocycles. The van der Waals surface area contributed by atoms with Gasteiger partial charge in [-0.15, -0.1) is 0 Å². The van der Waals surface area contributed by atoms with Crippen LogP contribution >= 0.6 is 27.7 Å². The number of halogens is 1. The normalized spacial score (nSPS) is 14.2. The van der Waals surface area contributed by atoms with E-state index in [9.17, 15) is 4.79 Å². The number of amidine groups is 1. The zero-order chi connectivity index (χ0) is 16.4. The van der Waals surface area contributed by atoms with E-state index in [0.29, 0.717) is 23.5 Å². The molecule has 3 rings (SSSR count). The zero-order valence-corrected chi connectivity index (χ0v) is 15.4. The number of aryl methyl sites for hydroxylation is 2. The molecule has 2 heterocycles. The molecule has 6 heteroatoms. The molecule has 1 aliphatic heterocycles. The minimum atomic E-state index is -0.139. The minimum Gasteiger partial charge on any atom is -0.444 e. The van der Waals surface area contributed by atoms with Crippen molar-refractivity contribution in [2.45, 2.75) is 19.6 Å². The largest absolute Gasteiger partial charge is 0.444 e. The molecule has 0 bridgehead atoms. The molecule has 1 aromatic heterocycles. The van der Waals surface area contributed by atoms with E-state index in [2.05, 4.69) is 53.0 Å². The summed E-state index contributed by atoms with van der Waals surface area (Å²) in [4.78, 5) is 18.7. The molecule has 0 fully saturated rings. The zero-order valence-electron chi connectivity index (χ0n) is 13.0. The Morgan fingerprint density at radius 3 is 2.91 bits per heavy atom. The van der Waals surface area contributed by atoms with Crippen LogP contribution in [0.1, 0.15) is 27.2 Å². The third-order valence-corrected chi connectivity index (χ3v) is 5.18. The van der Waals surface area contributed by atoms with Gasteiger partial charge in [0.25, 0.3) is 5.91 Å². The van der Waals surface area contributed by atoms with Crippen LogP contribution in [0, 0.1) is 13.8 Å². The number of rotatable bonds is 3. The lowest BCUT2D eigenvalue weighted by atomic mass is 10.1. The molecule has 0 N–H and O–H groups in total. The number of carbonyl (C=O) groups is 1. The van der Waals surface area contributed by atoms with E-state index in [-0.39, 0.29) is 5.91 Å². The van der Waals surface area contributed by atoms with Gasteiger partial charge >= 0.3 is 0 Å². The van der Waals surface area contributed by atoms with Gasteiger partial charge in [-0.05, 0) is 53.0 Å². The standard InChI is InChI=1S/C17H17BrN2O2S/c1-11-3-4-12(2)13(9-11)10-23-17-19-7-8-20(17)16(21)14-5-6-15(18)22-14/h3-6,9H,7-8,10H2,1-2H3. The summed E-state index contributed by atoms with van der Waals surface area (Å²) in [6.45, 7) is 5.44. The lowest BCUT2D eigenvalue weighted by molar-refractivity contribution is 0.0829. The summed E-state index contributed by atoms with van der Waals surface area (Å²) < 4.78 is 5.92. The first-order valence-corrected chi connectivity index (χ1v) is 9.13. The minimum absolute atomic E-state index is 0.139. The number of hydrogen-bond donors (Lipinski definition) is 0. The fourth-order valence-electron chi connectivity index (χ4n) is 2.40. The Hall–Kier alpha value is -1.53. The summed E-state index contributed by atoms with van der Waals surface area (Å²) in [5.74, 6) is 0.997. The molecule has 2 aromatic rings. The van der Waals surface area contributed by atoms with Crippen molar-refractivity contribution in [3.05, 3.63) is 57.5 Å². The molecule has 23 heavy (non-hydrogen) atoms. The van der Waals surface area contributed by atoms with Crippen LogP contribution in [-0.2, 0) is 5.75 Å². The Kier molecular flexibility index (Phi) is 4.92. The number of aliphatic imine (C=N–C) groups is 1. The number of furan rings is 1. The molecule has 0 unspecified atom stereocenters. The lowest BCUT2D eigenvalue weighted by Crippen LogP contribution is -2.32. The van der Waals surface area contributed by atoms with Gasteiger partial charge in [-0.3, -0.25) is 14.7 Å². The first kappa shape index (κ1) is 16.3. The molecular formula is C17H17BrN2O2S. The molecule has 0 spiro atoms. The molecular weight excluding hydrogens is 376 g/mol. The van der Waals surface area contributed by atoms with Gasteiger partial charge in [0.2, 0.25) is 0 Å². The van der Waals surface area contributed by atoms with Gasteiger partial charge in [-0.1, -0.05) is 35.5 Å². The predicted octanol–water partition coefficient (Wildman–Crippen LogP) is 4.40. The fourth-order valence-corrected chi connectivity index (χ4v) is 3.81. The van der Waals surface area contributed by atoms with Gasteiger partial charge in [-0.25, -0.2) is 0 Å². The van der Waals surface area contributed by atoms with Crippen molar-refractivity contribution in [3.8, 4) is 0 Å². The third-order valence-electron chi connectivity index (χ3n) is 3.69. The molecule has 0 saturated heterocycles. The van der Waals surface area contributed by atoms with Crippen molar-refractivity contribution in [1.29, 1.82) is 0 Å². The van der Waals surface area contributed by atoms with Crippen molar-refractivity contribution >= 4 is 38.8 Å². The van der Waals surface area contributed by atoms with Gasteiger partial charge in [0.1, 0.15) is 0 Å². The van der Waals surface area contributed by atoms with Crippen LogP contribution in [0.4, 0.5) is 0 Å². The average molecular weight is 393 g/mol. The Labute approximate surface area is 148 Å². The summed E-state index contributed by atoms with van der Waals surface area (Å²) in [7, 11) is 0. The average Bonchev–Trinajstić information content (AvgIpc) is 3.16. The number of nitrogens with zero attached hydrogens (tertiary/aromatic N) is 2. The van der Waals surface area contributed by atoms with E-state index in [1.165, 1.54) is 16.7 Å². The molecule has 1 amide bonds. The molecule has 0 saturated carbocycles. The van der Waals surface area contributed by atoms with Crippen molar-refractivity contribution < 1.29 is 9.21 Å². The summed E-state index contributed by atoms with van der Waals surface area (Å²) >= 11 is 4.83. The number of benzene rings is 1. The Morgan fingerprint density at radius 2 is 2.17 bits per heavy atom. The smallest absolute Gasteiger partial charge is 0.295 e. The number of carbonyl (C=O) groups excluding carboxylic acids is 1. The molecule has 0 radical (unpaired) electrons. The number of hydrogen-bond acceptors (Lipinski definition) is 4. The maximum absolute atomic E-state index is 12.5. The predicted molar refractivity (Wildman–Crippen MR) is 97.0 cm³/mol. The van der Waals surface area contributed by atoms with Crippen molar-refractivity contribution in [2.24, 2.45) is 4.99 Å². The second-order valence-electron chi connectivity index (χ2n) is 5.44. The molecule has 1 aromatic carbocycles. The topological polar surface area (TPSA) is 45.8 Å². The number of thioether (sulfide) groups is 1. The molecule has 1 aliphatic rings. The summed E-state index contributed by atoms with van der Waals surface area (Å²) in [6.07, 6.45) is 0. The van der Waals surface area contributed by atoms with Crippen LogP contribution in [0.3, 0.4) is 0 Å². The maximum atomic E-state index is 12.5. The van der Waals surface area contributed by atoms with Crippen LogP contribution < -0.4 is 0 Å². The monoisotopic (exact) mass is 392 g/mol. The quantitative estimate of drug-likeness (QED) is 0.777. The summed E-state index contributed by atoms with van der Waals surface area (Å²) in [5.41, 5.74) is 3.78. The first-order chi connectivity index (χ1) is 11.0. The van der Waals surface area contributed by atoms with Crippen LogP contribution in [0.5, 0.6) is 0 Å². The van der Waals surface area contributed by atoms with E-state index >= 15 is 0 Å². The lowest BCUT2D eigenvalue weighted by Gasteiger charge is -2.17. The molecule has 120 valence electrons. The maximum Gasteiger partial charge on any atom is 0.295 e. The van der Waals surface area contributed by atoms with Crippen LogP contribution in [0.15, 0.2) is 44.4 Å². The molecule has 4 nitrogen and oxygen atoms in total. The fraction of sp³-hybridized carbons (Fsp3) is 0.294. The summed E-state index contributed by atoms with van der Waals surface area (Å²) in [6, 6.07) is 9.83. The van der Waals surface area contributed by atoms with Crippen molar-refractivity contribution in [3.63, 3.8) is 0 Å². The van der Waals surface area contributed by atoms with Crippen LogP contribution in [0.25, 0.3) is 0 Å². The van der Waals surface area contributed by atoms with Gasteiger partial charge in [0.05, 0.1) is 6.54 Å². The van der Waals surface area contributed by atoms with Crippen molar-refractivity contribution in [2.75, 3.05) is 13.1 Å². The van der Waals surface area contributed by atoms with E-state index in [0.717, 1.165) is 10.9 Å². The Balaban J connectivity index is 1.70. The Morgan fingerprint density at radius 1 is 1.35 bits per heavy atom. The first-order valence-electron chi connectivity index (χ1n) is 7.35. The highest BCUT2D eigenvalue weighted by molar-refractivity contribution is 9.10. The third kappa shape index (κ3) is 3.70. The van der Waals surface area contributed by atoms with Gasteiger partial charge in [-0.2, -0.15) is 0 Å². The van der Waals surface area contributed by atoms with Crippen LogP contribution in [0.2, 0.25) is 0 Å². The van der Waals surface area contributed by atoms with E-state index in [1.807, 2.05) is 0 Å². The van der Waals surface area contributed by atoms with E-state index in [4.69, 9.17) is 4.42 Å². The molecule has 0 atom stereocenters. The second kappa shape index (κ2) is 6.93. The SMILES string of the molecule is Cc1ccc(C)c(CSC2=NCCN2C(=O)c2ccc(Br)o2)c1. The number of amides is 1. The van der Waals surface area contributed by atoms with Crippen LogP contribution in [-0.4, -0.2) is 29.1 Å². The highest BCUT2D eigenvalue weighted by Crippen LogP contribution is 2.24. The Bertz CT molecular complexity index is 770. The van der Waals surface area contributed by atoms with Gasteiger partial charge in [0.15, 0.2) is 15.6 Å². The second-order valence-corrected chi connectivity index (χ2v) is 7.17. The van der Waals surface area contributed by atoms with Gasteiger partial charge in [0, 0.05) is 12.3 Å². The highest BCUT2D eigenvalue weighted by atomic mass is 79.9. The highest BCUT2D eigenvalue weighted by Gasteiger charge is 2.27. The van der Waals surface area contributed by atoms with Crippen molar-refractivity contribution in [1.82, 2.24) is 4.90 Å².